The summed E-state index contributed by atoms with van der Waals surface area (Å²) in [6, 6.07) is 8.99. The van der Waals surface area contributed by atoms with Gasteiger partial charge in [-0.1, -0.05) is 24.3 Å². The van der Waals surface area contributed by atoms with Gasteiger partial charge < -0.3 is 15.7 Å². The summed E-state index contributed by atoms with van der Waals surface area (Å²) in [6.45, 7) is 0.409. The second kappa shape index (κ2) is 6.90. The van der Waals surface area contributed by atoms with Crippen molar-refractivity contribution in [1.29, 1.82) is 0 Å². The van der Waals surface area contributed by atoms with Gasteiger partial charge in [0.1, 0.15) is 0 Å². The Labute approximate surface area is 145 Å². The summed E-state index contributed by atoms with van der Waals surface area (Å²) >= 11 is 0. The molecule has 0 bridgehead atoms. The predicted octanol–water partition coefficient (Wildman–Crippen LogP) is 0.790. The highest BCUT2D eigenvalue weighted by Gasteiger charge is 2.21. The van der Waals surface area contributed by atoms with Crippen molar-refractivity contribution in [2.45, 2.75) is 19.0 Å². The summed E-state index contributed by atoms with van der Waals surface area (Å²) in [5.74, 6) is -0.212. The van der Waals surface area contributed by atoms with Crippen LogP contribution >= 0.6 is 0 Å². The summed E-state index contributed by atoms with van der Waals surface area (Å²) in [4.78, 5) is 30.4. The normalized spacial score (nSPS) is 12.3. The van der Waals surface area contributed by atoms with Gasteiger partial charge in [0.2, 0.25) is 5.91 Å². The van der Waals surface area contributed by atoms with Gasteiger partial charge in [0.05, 0.1) is 11.6 Å². The van der Waals surface area contributed by atoms with Gasteiger partial charge in [0.15, 0.2) is 0 Å². The number of amides is 1. The molecule has 130 valence electrons. The smallest absolute Gasteiger partial charge is 0.269 e. The molecule has 7 nitrogen and oxygen atoms in total. The van der Waals surface area contributed by atoms with Crippen molar-refractivity contribution in [3.05, 3.63) is 64.2 Å². The molecule has 1 aromatic carbocycles. The van der Waals surface area contributed by atoms with E-state index in [1.54, 1.807) is 31.4 Å². The summed E-state index contributed by atoms with van der Waals surface area (Å²) < 4.78 is 1.36. The molecule has 0 spiro atoms. The largest absolute Gasteiger partial charge is 0.340 e. The molecule has 0 saturated heterocycles. The van der Waals surface area contributed by atoms with Gasteiger partial charge in [-0.25, -0.2) is 0 Å². The number of fused-ring (bicyclic) bond motifs is 1. The number of nitrogens with zero attached hydrogens (tertiary/aromatic N) is 3. The molecule has 25 heavy (non-hydrogen) atoms. The highest BCUT2D eigenvalue weighted by atomic mass is 16.2. The molecule has 2 heterocycles. The Balaban J connectivity index is 1.73. The quantitative estimate of drug-likeness (QED) is 0.718. The molecular formula is C18H21N5O2. The second-order valence-electron chi connectivity index (χ2n) is 6.16. The lowest BCUT2D eigenvalue weighted by Gasteiger charge is -2.21. The van der Waals surface area contributed by atoms with Gasteiger partial charge in [-0.15, -0.1) is 0 Å². The van der Waals surface area contributed by atoms with Gasteiger partial charge >= 0.3 is 0 Å². The van der Waals surface area contributed by atoms with E-state index in [0.29, 0.717) is 12.1 Å². The highest BCUT2D eigenvalue weighted by molar-refractivity contribution is 5.84. The molecule has 7 heteroatoms. The van der Waals surface area contributed by atoms with Crippen molar-refractivity contribution in [2.75, 3.05) is 7.05 Å². The number of carbonyl (C=O) groups is 1. The Bertz CT molecular complexity index is 954. The number of hydrogen-bond acceptors (Lipinski definition) is 4. The van der Waals surface area contributed by atoms with E-state index in [1.807, 2.05) is 30.3 Å². The number of aryl methyl sites for hydroxylation is 1. The van der Waals surface area contributed by atoms with Crippen LogP contribution in [0.2, 0.25) is 0 Å². The summed E-state index contributed by atoms with van der Waals surface area (Å²) in [5, 5.41) is 3.81. The monoisotopic (exact) mass is 339 g/mol. The zero-order valence-electron chi connectivity index (χ0n) is 14.3. The van der Waals surface area contributed by atoms with Crippen LogP contribution in [-0.2, 0) is 24.8 Å². The molecule has 0 radical (unpaired) electrons. The molecule has 0 fully saturated rings. The van der Waals surface area contributed by atoms with Crippen molar-refractivity contribution >= 4 is 16.8 Å². The van der Waals surface area contributed by atoms with E-state index in [2.05, 4.69) is 10.1 Å². The molecule has 0 unspecified atom stereocenters. The number of nitrogens with two attached hydrogens (primary N) is 1. The predicted molar refractivity (Wildman–Crippen MR) is 95.9 cm³/mol. The zero-order chi connectivity index (χ0) is 18.0. The average Bonchev–Trinajstić information content (AvgIpc) is 2.93. The number of pyridine rings is 1. The number of likely N-dealkylation sites (N-methyl/N-ethyl adjacent to an activating group) is 1. The third-order valence-electron chi connectivity index (χ3n) is 4.27. The summed E-state index contributed by atoms with van der Waals surface area (Å²) in [7, 11) is 3.33. The van der Waals surface area contributed by atoms with Gasteiger partial charge in [0.25, 0.3) is 5.56 Å². The maximum Gasteiger partial charge on any atom is 0.269 e. The van der Waals surface area contributed by atoms with Crippen LogP contribution in [0.15, 0.2) is 47.5 Å². The van der Waals surface area contributed by atoms with E-state index in [0.717, 1.165) is 16.5 Å². The highest BCUT2D eigenvalue weighted by Crippen LogP contribution is 2.17. The van der Waals surface area contributed by atoms with Crippen LogP contribution in [0.3, 0.4) is 0 Å². The molecule has 0 aliphatic rings. The van der Waals surface area contributed by atoms with Crippen molar-refractivity contribution < 1.29 is 4.79 Å². The van der Waals surface area contributed by atoms with Crippen molar-refractivity contribution in [3.8, 4) is 0 Å². The minimum atomic E-state index is -0.767. The molecule has 0 aliphatic heterocycles. The van der Waals surface area contributed by atoms with Crippen LogP contribution in [0.4, 0.5) is 0 Å². The average molecular weight is 339 g/mol. The lowest BCUT2D eigenvalue weighted by atomic mass is 10.1. The van der Waals surface area contributed by atoms with Gasteiger partial charge in [-0.05, 0) is 11.6 Å². The van der Waals surface area contributed by atoms with Crippen LogP contribution in [0.25, 0.3) is 10.9 Å². The first-order valence-corrected chi connectivity index (χ1v) is 8.04. The van der Waals surface area contributed by atoms with Crippen LogP contribution in [0.1, 0.15) is 11.1 Å². The molecule has 3 rings (SSSR count). The Hall–Kier alpha value is -2.93. The fraction of sp³-hybridized carbons (Fsp3) is 0.278. The molecule has 3 N–H and O–H groups in total. The van der Waals surface area contributed by atoms with E-state index >= 15 is 0 Å². The Morgan fingerprint density at radius 2 is 2.08 bits per heavy atom. The standard InChI is InChI=1S/C18H21N5O2/c1-22(11-13-6-3-5-12-7-4-8-20-16(12)13)18(25)15(19)9-14-10-21-23(2)17(14)24/h3-8,10,15,21H,9,11,19H2,1-2H3/t15-/m0/s1. The number of benzene rings is 1. The number of rotatable bonds is 5. The molecule has 2 aromatic heterocycles. The van der Waals surface area contributed by atoms with E-state index in [9.17, 15) is 9.59 Å². The minimum absolute atomic E-state index is 0.163. The summed E-state index contributed by atoms with van der Waals surface area (Å²) in [5.41, 5.74) is 8.20. The Morgan fingerprint density at radius 3 is 2.80 bits per heavy atom. The van der Waals surface area contributed by atoms with Crippen molar-refractivity contribution in [3.63, 3.8) is 0 Å². The van der Waals surface area contributed by atoms with Gasteiger partial charge in [-0.3, -0.25) is 19.3 Å². The number of para-hydroxylation sites is 1. The van der Waals surface area contributed by atoms with Gasteiger partial charge in [0, 0.05) is 50.4 Å². The van der Waals surface area contributed by atoms with E-state index < -0.39 is 6.04 Å². The third kappa shape index (κ3) is 3.46. The van der Waals surface area contributed by atoms with Crippen LogP contribution in [0.5, 0.6) is 0 Å². The van der Waals surface area contributed by atoms with Gasteiger partial charge in [-0.2, -0.15) is 0 Å². The Kier molecular flexibility index (Phi) is 4.67. The number of aromatic amines is 1. The topological polar surface area (TPSA) is 97.0 Å². The lowest BCUT2D eigenvalue weighted by molar-refractivity contribution is -0.131. The number of hydrogen-bond donors (Lipinski definition) is 2. The van der Waals surface area contributed by atoms with E-state index in [1.165, 1.54) is 4.68 Å². The first-order valence-electron chi connectivity index (χ1n) is 8.04. The maximum atomic E-state index is 12.6. The number of H-pyrrole nitrogens is 1. The molecular weight excluding hydrogens is 318 g/mol. The van der Waals surface area contributed by atoms with E-state index in [4.69, 9.17) is 5.73 Å². The number of aromatic nitrogens is 3. The molecule has 0 saturated carbocycles. The Morgan fingerprint density at radius 1 is 1.32 bits per heavy atom. The lowest BCUT2D eigenvalue weighted by Crippen LogP contribution is -2.43. The SMILES string of the molecule is CN(Cc1cccc2cccnc12)C(=O)[C@@H](N)Cc1c[nH]n(C)c1=O. The minimum Gasteiger partial charge on any atom is -0.340 e. The number of carbonyl (C=O) groups excluding carboxylic acids is 1. The van der Waals surface area contributed by atoms with Crippen LogP contribution in [0, 0.1) is 0 Å². The molecule has 1 atom stereocenters. The molecule has 0 aliphatic carbocycles. The summed E-state index contributed by atoms with van der Waals surface area (Å²) in [6.07, 6.45) is 3.53. The van der Waals surface area contributed by atoms with Crippen LogP contribution < -0.4 is 11.3 Å². The van der Waals surface area contributed by atoms with Crippen molar-refractivity contribution in [2.24, 2.45) is 12.8 Å². The second-order valence-corrected chi connectivity index (χ2v) is 6.16. The third-order valence-corrected chi connectivity index (χ3v) is 4.27. The maximum absolute atomic E-state index is 12.6. The fourth-order valence-corrected chi connectivity index (χ4v) is 2.89. The van der Waals surface area contributed by atoms with Crippen LogP contribution in [-0.4, -0.2) is 38.7 Å². The molecule has 1 amide bonds. The van der Waals surface area contributed by atoms with Crippen molar-refractivity contribution in [1.82, 2.24) is 19.7 Å². The van der Waals surface area contributed by atoms with E-state index in [-0.39, 0.29) is 17.9 Å². The first kappa shape index (κ1) is 16.9. The molecule has 3 aromatic rings. The number of nitrogens with one attached hydrogen (secondary N) is 1. The zero-order valence-corrected chi connectivity index (χ0v) is 14.3. The fourth-order valence-electron chi connectivity index (χ4n) is 2.89. The first-order chi connectivity index (χ1) is 12.0.